The number of carbonyl (C=O) groups is 1. The lowest BCUT2D eigenvalue weighted by Gasteiger charge is -2.27. The van der Waals surface area contributed by atoms with Crippen LogP contribution in [0, 0.1) is 6.92 Å². The number of hydrogen-bond donors (Lipinski definition) is 1. The monoisotopic (exact) mass is 302 g/mol. The number of fused-ring (bicyclic) bond motifs is 1. The summed E-state index contributed by atoms with van der Waals surface area (Å²) in [6, 6.07) is 7.73. The second kappa shape index (κ2) is 5.77. The molecule has 1 aromatic carbocycles. The van der Waals surface area contributed by atoms with Gasteiger partial charge >= 0.3 is 6.03 Å². The average molecular weight is 302 g/mol. The van der Waals surface area contributed by atoms with Gasteiger partial charge in [-0.05, 0) is 54.1 Å². The zero-order chi connectivity index (χ0) is 14.8. The fourth-order valence-corrected chi connectivity index (χ4v) is 3.47. The zero-order valence-electron chi connectivity index (χ0n) is 12.2. The molecular formula is C16H18N2O2S. The number of ether oxygens (including phenoxy) is 1. The Bertz CT molecular complexity index is 666. The first-order chi connectivity index (χ1) is 10.2. The van der Waals surface area contributed by atoms with Crippen molar-refractivity contribution in [1.29, 1.82) is 0 Å². The van der Waals surface area contributed by atoms with Gasteiger partial charge in [-0.3, -0.25) is 0 Å². The number of aryl methyl sites for hydroxylation is 1. The Kier molecular flexibility index (Phi) is 3.84. The number of benzene rings is 1. The molecule has 2 heterocycles. The quantitative estimate of drug-likeness (QED) is 0.920. The summed E-state index contributed by atoms with van der Waals surface area (Å²) in [5.41, 5.74) is 3.08. The van der Waals surface area contributed by atoms with Gasteiger partial charge in [-0.15, -0.1) is 11.3 Å². The van der Waals surface area contributed by atoms with E-state index in [1.165, 1.54) is 10.4 Å². The molecular weight excluding hydrogens is 284 g/mol. The van der Waals surface area contributed by atoms with E-state index in [2.05, 4.69) is 16.8 Å². The van der Waals surface area contributed by atoms with Gasteiger partial charge in [-0.25, -0.2) is 4.79 Å². The van der Waals surface area contributed by atoms with Crippen LogP contribution >= 0.6 is 11.3 Å². The van der Waals surface area contributed by atoms with Crippen molar-refractivity contribution in [3.05, 3.63) is 45.6 Å². The fourth-order valence-electron chi connectivity index (χ4n) is 2.58. The van der Waals surface area contributed by atoms with Crippen LogP contribution in [0.3, 0.4) is 0 Å². The number of carbonyl (C=O) groups excluding carboxylic acids is 1. The number of urea groups is 1. The molecule has 0 radical (unpaired) electrons. The maximum atomic E-state index is 12.4. The summed E-state index contributed by atoms with van der Waals surface area (Å²) < 4.78 is 5.23. The van der Waals surface area contributed by atoms with Gasteiger partial charge in [0.2, 0.25) is 0 Å². The van der Waals surface area contributed by atoms with E-state index in [0.717, 1.165) is 30.0 Å². The smallest absolute Gasteiger partial charge is 0.322 e. The van der Waals surface area contributed by atoms with E-state index in [4.69, 9.17) is 4.74 Å². The van der Waals surface area contributed by atoms with Crippen molar-refractivity contribution in [1.82, 2.24) is 4.90 Å². The summed E-state index contributed by atoms with van der Waals surface area (Å²) in [6.07, 6.45) is 0.946. The number of thiophene rings is 1. The van der Waals surface area contributed by atoms with Crippen molar-refractivity contribution < 1.29 is 9.53 Å². The molecule has 110 valence electrons. The maximum Gasteiger partial charge on any atom is 0.322 e. The molecule has 3 rings (SSSR count). The largest absolute Gasteiger partial charge is 0.496 e. The number of methoxy groups -OCH3 is 1. The van der Waals surface area contributed by atoms with Gasteiger partial charge in [0.15, 0.2) is 0 Å². The first-order valence-corrected chi connectivity index (χ1v) is 7.81. The van der Waals surface area contributed by atoms with Crippen LogP contribution in [0.25, 0.3) is 0 Å². The SMILES string of the molecule is COc1ccc(NC(=O)N2CCc3sccc3C2)cc1C. The van der Waals surface area contributed by atoms with Crippen molar-refractivity contribution in [2.75, 3.05) is 19.0 Å². The number of hydrogen-bond acceptors (Lipinski definition) is 3. The van der Waals surface area contributed by atoms with Crippen LogP contribution < -0.4 is 10.1 Å². The Morgan fingerprint density at radius 1 is 1.38 bits per heavy atom. The summed E-state index contributed by atoms with van der Waals surface area (Å²) >= 11 is 1.78. The topological polar surface area (TPSA) is 41.6 Å². The first-order valence-electron chi connectivity index (χ1n) is 6.93. The molecule has 2 amide bonds. The van der Waals surface area contributed by atoms with Gasteiger partial charge in [-0.1, -0.05) is 0 Å². The highest BCUT2D eigenvalue weighted by Gasteiger charge is 2.21. The standard InChI is InChI=1S/C16H18N2O2S/c1-11-9-13(3-4-14(11)20-2)17-16(19)18-7-5-15-12(10-18)6-8-21-15/h3-4,6,8-9H,5,7,10H2,1-2H3,(H,17,19). The van der Waals surface area contributed by atoms with Crippen molar-refractivity contribution in [2.24, 2.45) is 0 Å². The lowest BCUT2D eigenvalue weighted by molar-refractivity contribution is 0.207. The molecule has 0 unspecified atom stereocenters. The summed E-state index contributed by atoms with van der Waals surface area (Å²) in [5.74, 6) is 0.828. The number of nitrogens with one attached hydrogen (secondary N) is 1. The third-order valence-electron chi connectivity index (χ3n) is 3.74. The molecule has 0 bridgehead atoms. The highest BCUT2D eigenvalue weighted by Crippen LogP contribution is 2.25. The third-order valence-corrected chi connectivity index (χ3v) is 4.76. The normalized spacial score (nSPS) is 13.7. The molecule has 1 aromatic heterocycles. The molecule has 1 aliphatic rings. The number of rotatable bonds is 2. The maximum absolute atomic E-state index is 12.4. The lowest BCUT2D eigenvalue weighted by Crippen LogP contribution is -2.38. The minimum absolute atomic E-state index is 0.0450. The van der Waals surface area contributed by atoms with Crippen LogP contribution in [0.4, 0.5) is 10.5 Å². The van der Waals surface area contributed by atoms with E-state index < -0.39 is 0 Å². The van der Waals surface area contributed by atoms with Crippen molar-refractivity contribution in [3.8, 4) is 5.75 Å². The predicted octanol–water partition coefficient (Wildman–Crippen LogP) is 3.66. The van der Waals surface area contributed by atoms with E-state index in [1.54, 1.807) is 18.4 Å². The second-order valence-corrected chi connectivity index (χ2v) is 6.16. The van der Waals surface area contributed by atoms with Crippen LogP contribution in [0.1, 0.15) is 16.0 Å². The summed E-state index contributed by atoms with van der Waals surface area (Å²) in [6.45, 7) is 3.43. The van der Waals surface area contributed by atoms with Gasteiger partial charge in [0, 0.05) is 23.7 Å². The van der Waals surface area contributed by atoms with E-state index in [9.17, 15) is 4.79 Å². The minimum Gasteiger partial charge on any atom is -0.496 e. The van der Waals surface area contributed by atoms with Gasteiger partial charge in [-0.2, -0.15) is 0 Å². The molecule has 0 saturated carbocycles. The Morgan fingerprint density at radius 2 is 2.24 bits per heavy atom. The fraction of sp³-hybridized carbons (Fsp3) is 0.312. The predicted molar refractivity (Wildman–Crippen MR) is 85.2 cm³/mol. The highest BCUT2D eigenvalue weighted by molar-refractivity contribution is 7.10. The minimum atomic E-state index is -0.0450. The molecule has 1 N–H and O–H groups in total. The summed E-state index contributed by atoms with van der Waals surface area (Å²) in [5, 5.41) is 5.06. The van der Waals surface area contributed by atoms with Crippen molar-refractivity contribution in [2.45, 2.75) is 19.9 Å². The number of amides is 2. The lowest BCUT2D eigenvalue weighted by atomic mass is 10.1. The van der Waals surface area contributed by atoms with Crippen LogP contribution in [0.2, 0.25) is 0 Å². The van der Waals surface area contributed by atoms with E-state index in [0.29, 0.717) is 6.54 Å². The second-order valence-electron chi connectivity index (χ2n) is 5.16. The Hall–Kier alpha value is -2.01. The molecule has 0 saturated heterocycles. The third kappa shape index (κ3) is 2.88. The molecule has 21 heavy (non-hydrogen) atoms. The average Bonchev–Trinajstić information content (AvgIpc) is 2.94. The zero-order valence-corrected chi connectivity index (χ0v) is 13.0. The van der Waals surface area contributed by atoms with E-state index in [-0.39, 0.29) is 6.03 Å². The van der Waals surface area contributed by atoms with Crippen molar-refractivity contribution in [3.63, 3.8) is 0 Å². The summed E-state index contributed by atoms with van der Waals surface area (Å²) in [7, 11) is 1.65. The van der Waals surface area contributed by atoms with E-state index in [1.807, 2.05) is 30.0 Å². The molecule has 2 aromatic rings. The Morgan fingerprint density at radius 3 is 3.00 bits per heavy atom. The van der Waals surface area contributed by atoms with E-state index >= 15 is 0 Å². The van der Waals surface area contributed by atoms with Gasteiger partial charge in [0.05, 0.1) is 7.11 Å². The Labute approximate surface area is 128 Å². The van der Waals surface area contributed by atoms with Gasteiger partial charge < -0.3 is 15.0 Å². The molecule has 1 aliphatic heterocycles. The highest BCUT2D eigenvalue weighted by atomic mass is 32.1. The van der Waals surface area contributed by atoms with Crippen molar-refractivity contribution >= 4 is 23.1 Å². The molecule has 0 spiro atoms. The first kappa shape index (κ1) is 13.9. The van der Waals surface area contributed by atoms with Crippen LogP contribution in [0.5, 0.6) is 5.75 Å². The van der Waals surface area contributed by atoms with Crippen LogP contribution in [0.15, 0.2) is 29.6 Å². The number of anilines is 1. The molecule has 0 fully saturated rings. The van der Waals surface area contributed by atoms with Gasteiger partial charge in [0.25, 0.3) is 0 Å². The summed E-state index contributed by atoms with van der Waals surface area (Å²) in [4.78, 5) is 15.6. The van der Waals surface area contributed by atoms with Gasteiger partial charge in [0.1, 0.15) is 5.75 Å². The Balaban J connectivity index is 1.68. The molecule has 0 atom stereocenters. The van der Waals surface area contributed by atoms with Crippen LogP contribution in [-0.4, -0.2) is 24.6 Å². The number of nitrogens with zero attached hydrogens (tertiary/aromatic N) is 1. The molecule has 4 nitrogen and oxygen atoms in total. The molecule has 5 heteroatoms. The van der Waals surface area contributed by atoms with Crippen LogP contribution in [-0.2, 0) is 13.0 Å². The molecule has 0 aliphatic carbocycles.